The second-order valence-corrected chi connectivity index (χ2v) is 7.69. The van der Waals surface area contributed by atoms with Crippen LogP contribution in [0.15, 0.2) is 83.8 Å². The Bertz CT molecular complexity index is 1080. The Morgan fingerprint density at radius 3 is 2.11 bits per heavy atom. The Labute approximate surface area is 161 Å². The molecule has 1 amide bonds. The first-order valence-electron chi connectivity index (χ1n) is 8.25. The minimum atomic E-state index is -4.04. The fourth-order valence-electron chi connectivity index (χ4n) is 2.54. The van der Waals surface area contributed by atoms with E-state index in [4.69, 9.17) is 0 Å². The van der Waals surface area contributed by atoms with E-state index in [0.29, 0.717) is 6.07 Å². The molecule has 0 atom stereocenters. The van der Waals surface area contributed by atoms with Gasteiger partial charge in [-0.15, -0.1) is 0 Å². The Balaban J connectivity index is 1.91. The third-order valence-corrected chi connectivity index (χ3v) is 5.66. The number of halogens is 2. The zero-order valence-corrected chi connectivity index (χ0v) is 15.4. The molecule has 0 spiro atoms. The number of para-hydroxylation sites is 1. The van der Waals surface area contributed by atoms with Gasteiger partial charge in [-0.25, -0.2) is 17.2 Å². The lowest BCUT2D eigenvalue weighted by molar-refractivity contribution is -0.114. The van der Waals surface area contributed by atoms with Gasteiger partial charge in [0.25, 0.3) is 10.0 Å². The Morgan fingerprint density at radius 2 is 1.50 bits per heavy atom. The van der Waals surface area contributed by atoms with Gasteiger partial charge in [0.2, 0.25) is 5.91 Å². The van der Waals surface area contributed by atoms with Crippen molar-refractivity contribution >= 4 is 27.3 Å². The largest absolute Gasteiger partial charge is 0.322 e. The summed E-state index contributed by atoms with van der Waals surface area (Å²) in [6.45, 7) is -0.585. The summed E-state index contributed by atoms with van der Waals surface area (Å²) in [7, 11) is -4.04. The fourth-order valence-corrected chi connectivity index (χ4v) is 3.98. The molecule has 1 N–H and O–H groups in total. The minimum Gasteiger partial charge on any atom is -0.322 e. The normalized spacial score (nSPS) is 11.1. The van der Waals surface area contributed by atoms with Crippen LogP contribution >= 0.6 is 0 Å². The van der Waals surface area contributed by atoms with Gasteiger partial charge in [-0.05, 0) is 36.4 Å². The van der Waals surface area contributed by atoms with Crippen molar-refractivity contribution in [2.75, 3.05) is 16.2 Å². The molecule has 144 valence electrons. The summed E-state index contributed by atoms with van der Waals surface area (Å²) < 4.78 is 53.8. The predicted molar refractivity (Wildman–Crippen MR) is 102 cm³/mol. The number of hydrogen-bond acceptors (Lipinski definition) is 3. The molecule has 0 aliphatic carbocycles. The van der Waals surface area contributed by atoms with E-state index >= 15 is 0 Å². The van der Waals surface area contributed by atoms with Crippen LogP contribution in [-0.2, 0) is 14.8 Å². The first-order valence-corrected chi connectivity index (χ1v) is 9.69. The summed E-state index contributed by atoms with van der Waals surface area (Å²) in [5.41, 5.74) is 0.0394. The summed E-state index contributed by atoms with van der Waals surface area (Å²) in [5, 5.41) is 2.27. The second kappa shape index (κ2) is 8.18. The van der Waals surface area contributed by atoms with Gasteiger partial charge in [-0.2, -0.15) is 0 Å². The maximum Gasteiger partial charge on any atom is 0.264 e. The van der Waals surface area contributed by atoms with E-state index < -0.39 is 34.1 Å². The molecule has 0 aliphatic heterocycles. The van der Waals surface area contributed by atoms with Crippen molar-refractivity contribution in [1.82, 2.24) is 0 Å². The molecule has 0 unspecified atom stereocenters. The molecule has 3 aromatic carbocycles. The molecule has 0 aliphatic rings. The number of nitrogens with one attached hydrogen (secondary N) is 1. The van der Waals surface area contributed by atoms with Crippen molar-refractivity contribution in [2.24, 2.45) is 0 Å². The molecule has 3 aromatic rings. The van der Waals surface area contributed by atoms with Crippen LogP contribution in [0.4, 0.5) is 20.2 Å². The summed E-state index contributed by atoms with van der Waals surface area (Å²) in [6, 6.07) is 18.4. The van der Waals surface area contributed by atoms with Crippen LogP contribution < -0.4 is 9.62 Å². The average molecular weight is 402 g/mol. The minimum absolute atomic E-state index is 0.0135. The van der Waals surface area contributed by atoms with Crippen LogP contribution in [0.2, 0.25) is 0 Å². The number of rotatable bonds is 6. The number of nitrogens with zero attached hydrogens (tertiary/aromatic N) is 1. The summed E-state index contributed by atoms with van der Waals surface area (Å²) in [4.78, 5) is 12.4. The lowest BCUT2D eigenvalue weighted by Gasteiger charge is -2.24. The third kappa shape index (κ3) is 4.34. The van der Waals surface area contributed by atoms with Gasteiger partial charge in [0.05, 0.1) is 16.3 Å². The number of anilines is 2. The zero-order chi connectivity index (χ0) is 20.1. The molecule has 0 radical (unpaired) electrons. The van der Waals surface area contributed by atoms with Gasteiger partial charge >= 0.3 is 0 Å². The first kappa shape index (κ1) is 19.5. The molecule has 0 bridgehead atoms. The molecule has 0 saturated heterocycles. The van der Waals surface area contributed by atoms with E-state index in [0.717, 1.165) is 16.4 Å². The molecule has 3 rings (SSSR count). The van der Waals surface area contributed by atoms with E-state index in [1.807, 2.05) is 0 Å². The molecule has 28 heavy (non-hydrogen) atoms. The highest BCUT2D eigenvalue weighted by atomic mass is 32.2. The fraction of sp³-hybridized carbons (Fsp3) is 0.0500. The van der Waals surface area contributed by atoms with E-state index in [1.165, 1.54) is 12.1 Å². The predicted octanol–water partition coefficient (Wildman–Crippen LogP) is 3.80. The van der Waals surface area contributed by atoms with Crippen molar-refractivity contribution in [3.8, 4) is 0 Å². The van der Waals surface area contributed by atoms with Crippen LogP contribution in [0, 0.1) is 11.6 Å². The van der Waals surface area contributed by atoms with E-state index in [2.05, 4.69) is 5.32 Å². The highest BCUT2D eigenvalue weighted by molar-refractivity contribution is 7.92. The SMILES string of the molecule is O=C(CN(c1ccccc1)S(=O)(=O)c1ccccc1)Nc1ccc(F)cc1F. The molecule has 0 fully saturated rings. The number of sulfonamides is 1. The summed E-state index contributed by atoms with van der Waals surface area (Å²) in [5.74, 6) is -2.51. The monoisotopic (exact) mass is 402 g/mol. The molecule has 0 heterocycles. The van der Waals surface area contributed by atoms with Gasteiger partial charge < -0.3 is 5.32 Å². The molecule has 8 heteroatoms. The maximum absolute atomic E-state index is 13.8. The lowest BCUT2D eigenvalue weighted by Crippen LogP contribution is -2.38. The van der Waals surface area contributed by atoms with Crippen molar-refractivity contribution < 1.29 is 22.0 Å². The molecule has 0 saturated carbocycles. The second-order valence-electron chi connectivity index (χ2n) is 5.83. The lowest BCUT2D eigenvalue weighted by atomic mass is 10.3. The van der Waals surface area contributed by atoms with Crippen molar-refractivity contribution in [3.63, 3.8) is 0 Å². The molecule has 5 nitrogen and oxygen atoms in total. The first-order chi connectivity index (χ1) is 13.4. The summed E-state index contributed by atoms with van der Waals surface area (Å²) >= 11 is 0. The van der Waals surface area contributed by atoms with Gasteiger partial charge in [-0.1, -0.05) is 36.4 Å². The summed E-state index contributed by atoms with van der Waals surface area (Å²) in [6.07, 6.45) is 0. The van der Waals surface area contributed by atoms with Crippen LogP contribution in [0.5, 0.6) is 0 Å². The van der Waals surface area contributed by atoms with Crippen LogP contribution in [-0.4, -0.2) is 20.9 Å². The molecule has 0 aromatic heterocycles. The standard InChI is InChI=1S/C20H16F2N2O3S/c21-15-11-12-19(18(22)13-15)23-20(25)14-24(16-7-3-1-4-8-16)28(26,27)17-9-5-2-6-10-17/h1-13H,14H2,(H,23,25). The number of hydrogen-bond donors (Lipinski definition) is 1. The van der Waals surface area contributed by atoms with E-state index in [1.54, 1.807) is 48.5 Å². The number of carbonyl (C=O) groups excluding carboxylic acids is 1. The van der Waals surface area contributed by atoms with Gasteiger partial charge in [-0.3, -0.25) is 9.10 Å². The van der Waals surface area contributed by atoms with Crippen molar-refractivity contribution in [1.29, 1.82) is 0 Å². The Hall–Kier alpha value is -3.26. The zero-order valence-electron chi connectivity index (χ0n) is 14.5. The third-order valence-electron chi connectivity index (χ3n) is 3.87. The molecular formula is C20H16F2N2O3S. The Kier molecular flexibility index (Phi) is 5.70. The topological polar surface area (TPSA) is 66.5 Å². The average Bonchev–Trinajstić information content (AvgIpc) is 2.69. The Morgan fingerprint density at radius 1 is 0.893 bits per heavy atom. The number of carbonyl (C=O) groups is 1. The van der Waals surface area contributed by atoms with Crippen LogP contribution in [0.3, 0.4) is 0 Å². The van der Waals surface area contributed by atoms with Gasteiger partial charge in [0, 0.05) is 6.07 Å². The smallest absolute Gasteiger partial charge is 0.264 e. The van der Waals surface area contributed by atoms with Crippen LogP contribution in [0.1, 0.15) is 0 Å². The highest BCUT2D eigenvalue weighted by Crippen LogP contribution is 2.23. The number of benzene rings is 3. The van der Waals surface area contributed by atoms with E-state index in [-0.39, 0.29) is 16.3 Å². The van der Waals surface area contributed by atoms with Gasteiger partial charge in [0.15, 0.2) is 0 Å². The highest BCUT2D eigenvalue weighted by Gasteiger charge is 2.27. The van der Waals surface area contributed by atoms with Crippen molar-refractivity contribution in [3.05, 3.63) is 90.5 Å². The maximum atomic E-state index is 13.8. The molecular weight excluding hydrogens is 386 g/mol. The number of amides is 1. The quantitative estimate of drug-likeness (QED) is 0.682. The van der Waals surface area contributed by atoms with E-state index in [9.17, 15) is 22.0 Å². The van der Waals surface area contributed by atoms with Crippen molar-refractivity contribution in [2.45, 2.75) is 4.90 Å². The van der Waals surface area contributed by atoms with Gasteiger partial charge in [0.1, 0.15) is 18.2 Å². The van der Waals surface area contributed by atoms with Crippen LogP contribution in [0.25, 0.3) is 0 Å².